The minimum absolute atomic E-state index is 0.00423. The summed E-state index contributed by atoms with van der Waals surface area (Å²) in [5.74, 6) is -0.199. The Morgan fingerprint density at radius 3 is 2.62 bits per heavy atom. The molecule has 2 heterocycles. The number of sulfonamides is 1. The van der Waals surface area contributed by atoms with Crippen LogP contribution in [-0.4, -0.2) is 41.5 Å². The van der Waals surface area contributed by atoms with Crippen LogP contribution in [0.25, 0.3) is 0 Å². The van der Waals surface area contributed by atoms with Crippen LogP contribution in [-0.2, 0) is 29.2 Å². The molecular formula is C18H20F3N5O2S. The summed E-state index contributed by atoms with van der Waals surface area (Å²) in [5, 5.41) is 5.73. The first-order valence-electron chi connectivity index (χ1n) is 9.14. The van der Waals surface area contributed by atoms with Gasteiger partial charge in [0.15, 0.2) is 0 Å². The second-order valence-corrected chi connectivity index (χ2v) is 9.31. The molecule has 29 heavy (non-hydrogen) atoms. The number of benzene rings is 1. The lowest BCUT2D eigenvalue weighted by Crippen LogP contribution is -2.35. The molecule has 1 aliphatic carbocycles. The van der Waals surface area contributed by atoms with E-state index in [1.54, 1.807) is 12.1 Å². The Morgan fingerprint density at radius 2 is 1.97 bits per heavy atom. The molecular weight excluding hydrogens is 407 g/mol. The Bertz CT molecular complexity index is 1040. The van der Waals surface area contributed by atoms with Crippen LogP contribution < -0.4 is 10.6 Å². The Morgan fingerprint density at radius 1 is 1.21 bits per heavy atom. The fraction of sp³-hybridized carbons (Fsp3) is 0.444. The maximum atomic E-state index is 13.2. The van der Waals surface area contributed by atoms with Gasteiger partial charge in [-0.1, -0.05) is 6.07 Å². The van der Waals surface area contributed by atoms with Crippen LogP contribution in [0.5, 0.6) is 0 Å². The summed E-state index contributed by atoms with van der Waals surface area (Å²) in [5.41, 5.74) is 1.57. The Kier molecular flexibility index (Phi) is 4.89. The third-order valence-corrected chi connectivity index (χ3v) is 6.17. The van der Waals surface area contributed by atoms with Crippen LogP contribution in [0.4, 0.5) is 30.6 Å². The topological polar surface area (TPSA) is 87.2 Å². The molecule has 2 aromatic rings. The second-order valence-electron chi connectivity index (χ2n) is 7.33. The van der Waals surface area contributed by atoms with Crippen LogP contribution >= 0.6 is 0 Å². The summed E-state index contributed by atoms with van der Waals surface area (Å²) in [4.78, 5) is 7.83. The molecule has 2 N–H and O–H groups in total. The van der Waals surface area contributed by atoms with Gasteiger partial charge in [0.05, 0.1) is 6.26 Å². The summed E-state index contributed by atoms with van der Waals surface area (Å²) < 4.78 is 64.6. The summed E-state index contributed by atoms with van der Waals surface area (Å²) in [6.07, 6.45) is -0.378. The van der Waals surface area contributed by atoms with Gasteiger partial charge in [-0.25, -0.2) is 13.4 Å². The number of hydrogen-bond acceptors (Lipinski definition) is 6. The van der Waals surface area contributed by atoms with Gasteiger partial charge in [-0.05, 0) is 42.5 Å². The Balaban J connectivity index is 1.58. The highest BCUT2D eigenvalue weighted by Crippen LogP contribution is 2.36. The first-order chi connectivity index (χ1) is 13.6. The number of hydrogen-bond donors (Lipinski definition) is 2. The van der Waals surface area contributed by atoms with Gasteiger partial charge in [0.1, 0.15) is 11.4 Å². The molecule has 156 valence electrons. The number of alkyl halides is 3. The van der Waals surface area contributed by atoms with Gasteiger partial charge in [0.2, 0.25) is 16.0 Å². The van der Waals surface area contributed by atoms with Gasteiger partial charge in [-0.2, -0.15) is 22.5 Å². The van der Waals surface area contributed by atoms with Gasteiger partial charge in [-0.15, -0.1) is 0 Å². The fourth-order valence-corrected chi connectivity index (χ4v) is 4.00. The highest BCUT2D eigenvalue weighted by atomic mass is 32.2. The van der Waals surface area contributed by atoms with Crippen molar-refractivity contribution in [2.75, 3.05) is 23.4 Å². The van der Waals surface area contributed by atoms with E-state index in [2.05, 4.69) is 20.6 Å². The molecule has 1 saturated carbocycles. The number of fused-ring (bicyclic) bond motifs is 1. The molecule has 7 nitrogen and oxygen atoms in total. The number of halogens is 3. The third kappa shape index (κ3) is 4.61. The van der Waals surface area contributed by atoms with Gasteiger partial charge >= 0.3 is 6.18 Å². The molecule has 1 aliphatic heterocycles. The largest absolute Gasteiger partial charge is 0.421 e. The number of nitrogens with zero attached hydrogens (tertiary/aromatic N) is 3. The van der Waals surface area contributed by atoms with Crippen molar-refractivity contribution in [2.24, 2.45) is 0 Å². The zero-order chi connectivity index (χ0) is 20.8. The van der Waals surface area contributed by atoms with Crippen LogP contribution in [0, 0.1) is 0 Å². The lowest BCUT2D eigenvalue weighted by Gasteiger charge is -2.27. The van der Waals surface area contributed by atoms with Crippen LogP contribution in [0.3, 0.4) is 0 Å². The molecule has 11 heteroatoms. The predicted molar refractivity (Wildman–Crippen MR) is 102 cm³/mol. The van der Waals surface area contributed by atoms with Crippen molar-refractivity contribution in [3.63, 3.8) is 0 Å². The Labute approximate surface area is 166 Å². The average molecular weight is 427 g/mol. The highest BCUT2D eigenvalue weighted by Gasteiger charge is 2.37. The minimum atomic E-state index is -4.54. The Hall–Kier alpha value is -2.40. The van der Waals surface area contributed by atoms with Crippen molar-refractivity contribution in [1.29, 1.82) is 0 Å². The van der Waals surface area contributed by atoms with E-state index in [4.69, 9.17) is 0 Å². The van der Waals surface area contributed by atoms with Crippen LogP contribution in [0.2, 0.25) is 0 Å². The molecule has 0 saturated heterocycles. The molecule has 0 bridgehead atoms. The van der Waals surface area contributed by atoms with E-state index in [1.165, 1.54) is 10.6 Å². The minimum Gasteiger partial charge on any atom is -0.367 e. The number of rotatable bonds is 5. The van der Waals surface area contributed by atoms with Gasteiger partial charge in [0, 0.05) is 31.0 Å². The maximum absolute atomic E-state index is 13.2. The molecule has 1 fully saturated rings. The second kappa shape index (κ2) is 7.13. The highest BCUT2D eigenvalue weighted by molar-refractivity contribution is 7.88. The zero-order valence-electron chi connectivity index (χ0n) is 15.6. The summed E-state index contributed by atoms with van der Waals surface area (Å²) in [6.45, 7) is 0.683. The SMILES string of the molecule is CS(=O)(=O)N1CCc2ccc(Nc3ncc(C(F)(F)F)c(NC4CC4)n3)cc2C1. The summed E-state index contributed by atoms with van der Waals surface area (Å²) in [6, 6.07) is 5.45. The molecule has 1 aromatic carbocycles. The van der Waals surface area contributed by atoms with Crippen LogP contribution in [0.1, 0.15) is 29.5 Å². The smallest absolute Gasteiger partial charge is 0.367 e. The lowest BCUT2D eigenvalue weighted by atomic mass is 10.0. The number of aromatic nitrogens is 2. The van der Waals surface area contributed by atoms with Crippen molar-refractivity contribution in [1.82, 2.24) is 14.3 Å². The van der Waals surface area contributed by atoms with E-state index in [0.29, 0.717) is 18.7 Å². The zero-order valence-corrected chi connectivity index (χ0v) is 16.4. The van der Waals surface area contributed by atoms with Gasteiger partial charge in [0.25, 0.3) is 0 Å². The van der Waals surface area contributed by atoms with E-state index >= 15 is 0 Å². The molecule has 1 aromatic heterocycles. The van der Waals surface area contributed by atoms with Crippen LogP contribution in [0.15, 0.2) is 24.4 Å². The summed E-state index contributed by atoms with van der Waals surface area (Å²) >= 11 is 0. The number of nitrogens with one attached hydrogen (secondary N) is 2. The van der Waals surface area contributed by atoms with Crippen molar-refractivity contribution >= 4 is 27.5 Å². The molecule has 0 radical (unpaired) electrons. The summed E-state index contributed by atoms with van der Waals surface area (Å²) in [7, 11) is -3.30. The molecule has 2 aliphatic rings. The first-order valence-corrected chi connectivity index (χ1v) is 11.0. The van der Waals surface area contributed by atoms with E-state index in [0.717, 1.165) is 30.2 Å². The van der Waals surface area contributed by atoms with Crippen molar-refractivity contribution in [3.8, 4) is 0 Å². The monoisotopic (exact) mass is 427 g/mol. The average Bonchev–Trinajstić information content (AvgIpc) is 3.43. The molecule has 0 amide bonds. The quantitative estimate of drug-likeness (QED) is 0.763. The van der Waals surface area contributed by atoms with E-state index < -0.39 is 21.8 Å². The van der Waals surface area contributed by atoms with Crippen molar-refractivity contribution in [3.05, 3.63) is 41.1 Å². The standard InChI is InChI=1S/C18H20F3N5O2S/c1-29(27,28)26-7-6-11-2-3-14(8-12(11)10-26)24-17-22-9-15(18(19,20)21)16(25-17)23-13-4-5-13/h2-3,8-9,13H,4-7,10H2,1H3,(H2,22,23,24,25). The fourth-order valence-electron chi connectivity index (χ4n) is 3.20. The molecule has 0 unspecified atom stereocenters. The van der Waals surface area contributed by atoms with E-state index in [-0.39, 0.29) is 24.4 Å². The maximum Gasteiger partial charge on any atom is 0.421 e. The lowest BCUT2D eigenvalue weighted by molar-refractivity contribution is -0.137. The van der Waals surface area contributed by atoms with Gasteiger partial charge in [-0.3, -0.25) is 0 Å². The van der Waals surface area contributed by atoms with Crippen molar-refractivity contribution < 1.29 is 21.6 Å². The first kappa shape index (κ1) is 19.9. The van der Waals surface area contributed by atoms with E-state index in [9.17, 15) is 21.6 Å². The number of anilines is 3. The van der Waals surface area contributed by atoms with Crippen molar-refractivity contribution in [2.45, 2.75) is 38.0 Å². The molecule has 0 spiro atoms. The predicted octanol–water partition coefficient (Wildman–Crippen LogP) is 3.13. The molecule has 4 rings (SSSR count). The third-order valence-electron chi connectivity index (χ3n) is 4.92. The van der Waals surface area contributed by atoms with Gasteiger partial charge < -0.3 is 10.6 Å². The van der Waals surface area contributed by atoms with E-state index in [1.807, 2.05) is 6.07 Å². The molecule has 0 atom stereocenters. The normalized spacial score (nSPS) is 17.7.